The maximum absolute atomic E-state index is 12.6. The van der Waals surface area contributed by atoms with Gasteiger partial charge in [-0.1, -0.05) is 58.0 Å². The maximum Gasteiger partial charge on any atom is 0.248 e. The van der Waals surface area contributed by atoms with E-state index in [2.05, 4.69) is 51.2 Å². The van der Waals surface area contributed by atoms with Crippen molar-refractivity contribution >= 4 is 17.7 Å². The largest absolute Gasteiger partial charge is 0.493 e. The molecule has 144 valence electrons. The number of hydrogen-bond acceptors (Lipinski definition) is 3. The zero-order chi connectivity index (χ0) is 20.0. The van der Waals surface area contributed by atoms with Crippen molar-refractivity contribution in [3.05, 3.63) is 59.2 Å². The van der Waals surface area contributed by atoms with Crippen LogP contribution in [0.2, 0.25) is 0 Å². The molecule has 0 saturated heterocycles. The number of para-hydroxylation sites is 2. The van der Waals surface area contributed by atoms with Gasteiger partial charge in [0.1, 0.15) is 0 Å². The van der Waals surface area contributed by atoms with Crippen molar-refractivity contribution in [2.45, 2.75) is 39.5 Å². The fraction of sp³-hybridized carbons (Fsp3) is 0.348. The molecule has 0 aliphatic rings. The van der Waals surface area contributed by atoms with Gasteiger partial charge in [-0.05, 0) is 35.1 Å². The lowest BCUT2D eigenvalue weighted by atomic mass is 9.92. The molecule has 0 saturated carbocycles. The molecule has 1 N–H and O–H groups in total. The molecule has 27 heavy (non-hydrogen) atoms. The molecule has 2 rings (SSSR count). The number of benzene rings is 2. The van der Waals surface area contributed by atoms with E-state index in [1.807, 2.05) is 18.2 Å². The number of anilines is 1. The Morgan fingerprint density at radius 3 is 2.04 bits per heavy atom. The molecule has 2 aromatic carbocycles. The van der Waals surface area contributed by atoms with Gasteiger partial charge in [-0.2, -0.15) is 0 Å². The van der Waals surface area contributed by atoms with Crippen molar-refractivity contribution in [2.75, 3.05) is 19.5 Å². The lowest BCUT2D eigenvalue weighted by molar-refractivity contribution is -0.111. The molecule has 4 heteroatoms. The first-order valence-electron chi connectivity index (χ1n) is 9.21. The molecule has 0 unspecified atom stereocenters. The Morgan fingerprint density at radius 2 is 1.52 bits per heavy atom. The summed E-state index contributed by atoms with van der Waals surface area (Å²) in [6.07, 6.45) is 3.27. The zero-order valence-electron chi connectivity index (χ0n) is 17.0. The summed E-state index contributed by atoms with van der Waals surface area (Å²) in [4.78, 5) is 12.6. The van der Waals surface area contributed by atoms with Crippen LogP contribution in [0.5, 0.6) is 11.5 Å². The van der Waals surface area contributed by atoms with E-state index < -0.39 is 0 Å². The van der Waals surface area contributed by atoms with E-state index >= 15 is 0 Å². The van der Waals surface area contributed by atoms with Gasteiger partial charge >= 0.3 is 0 Å². The van der Waals surface area contributed by atoms with Gasteiger partial charge in [0.15, 0.2) is 11.5 Å². The van der Waals surface area contributed by atoms with E-state index in [9.17, 15) is 4.79 Å². The minimum Gasteiger partial charge on any atom is -0.493 e. The third-order valence-corrected chi connectivity index (χ3v) is 4.47. The SMILES string of the molecule is COc1cccc(/C=C\C(=O)Nc2c(C(C)C)cccc2C(C)C)c1OC. The molecule has 0 spiro atoms. The van der Waals surface area contributed by atoms with Crippen LogP contribution in [-0.2, 0) is 4.79 Å². The number of methoxy groups -OCH3 is 2. The smallest absolute Gasteiger partial charge is 0.248 e. The van der Waals surface area contributed by atoms with Crippen molar-refractivity contribution in [2.24, 2.45) is 0 Å². The van der Waals surface area contributed by atoms with Gasteiger partial charge in [0, 0.05) is 17.3 Å². The molecule has 4 nitrogen and oxygen atoms in total. The summed E-state index contributed by atoms with van der Waals surface area (Å²) in [6.45, 7) is 8.52. The summed E-state index contributed by atoms with van der Waals surface area (Å²) in [7, 11) is 3.18. The van der Waals surface area contributed by atoms with Crippen molar-refractivity contribution in [1.82, 2.24) is 0 Å². The van der Waals surface area contributed by atoms with Crippen LogP contribution in [-0.4, -0.2) is 20.1 Å². The minimum atomic E-state index is -0.171. The van der Waals surface area contributed by atoms with Gasteiger partial charge in [-0.3, -0.25) is 4.79 Å². The molecule has 0 radical (unpaired) electrons. The molecule has 0 aliphatic carbocycles. The molecule has 0 heterocycles. The molecule has 0 fully saturated rings. The first-order valence-corrected chi connectivity index (χ1v) is 9.21. The van der Waals surface area contributed by atoms with Gasteiger partial charge in [0.05, 0.1) is 14.2 Å². The van der Waals surface area contributed by atoms with Crippen molar-refractivity contribution in [1.29, 1.82) is 0 Å². The Labute approximate surface area is 162 Å². The Hall–Kier alpha value is -2.75. The Morgan fingerprint density at radius 1 is 0.926 bits per heavy atom. The monoisotopic (exact) mass is 367 g/mol. The van der Waals surface area contributed by atoms with E-state index in [0.717, 1.165) is 22.4 Å². The van der Waals surface area contributed by atoms with Crippen LogP contribution in [0.15, 0.2) is 42.5 Å². The second kappa shape index (κ2) is 9.26. The maximum atomic E-state index is 12.6. The van der Waals surface area contributed by atoms with Crippen LogP contribution in [0.25, 0.3) is 6.08 Å². The molecule has 0 aliphatic heterocycles. The van der Waals surface area contributed by atoms with Gasteiger partial charge in [0.2, 0.25) is 5.91 Å². The van der Waals surface area contributed by atoms with Gasteiger partial charge in [0.25, 0.3) is 0 Å². The predicted molar refractivity (Wildman–Crippen MR) is 112 cm³/mol. The number of amides is 1. The highest BCUT2D eigenvalue weighted by Gasteiger charge is 2.15. The summed E-state index contributed by atoms with van der Waals surface area (Å²) in [5.74, 6) is 1.71. The Bertz CT molecular complexity index is 796. The van der Waals surface area contributed by atoms with Crippen LogP contribution in [0.1, 0.15) is 56.2 Å². The molecule has 0 bridgehead atoms. The number of carbonyl (C=O) groups excluding carboxylic acids is 1. The molecular weight excluding hydrogens is 338 g/mol. The highest BCUT2D eigenvalue weighted by molar-refractivity contribution is 6.03. The second-order valence-corrected chi connectivity index (χ2v) is 7.03. The van der Waals surface area contributed by atoms with E-state index in [-0.39, 0.29) is 5.91 Å². The Kier molecular flexibility index (Phi) is 7.05. The Balaban J connectivity index is 2.30. The molecule has 0 aromatic heterocycles. The van der Waals surface area contributed by atoms with E-state index in [1.165, 1.54) is 6.08 Å². The lowest BCUT2D eigenvalue weighted by Gasteiger charge is -2.19. The average molecular weight is 367 g/mol. The van der Waals surface area contributed by atoms with E-state index in [0.29, 0.717) is 23.3 Å². The summed E-state index contributed by atoms with van der Waals surface area (Å²) in [5.41, 5.74) is 3.98. The fourth-order valence-corrected chi connectivity index (χ4v) is 3.07. The standard InChI is InChI=1S/C23H29NO3/c1-15(2)18-10-8-11-19(16(3)4)22(18)24-21(25)14-13-17-9-7-12-20(26-5)23(17)27-6/h7-16H,1-6H3,(H,24,25)/b14-13-. The highest BCUT2D eigenvalue weighted by atomic mass is 16.5. The third kappa shape index (κ3) is 4.91. The number of carbonyl (C=O) groups is 1. The highest BCUT2D eigenvalue weighted by Crippen LogP contribution is 2.33. The average Bonchev–Trinajstić information content (AvgIpc) is 2.65. The predicted octanol–water partition coefficient (Wildman–Crippen LogP) is 5.60. The fourth-order valence-electron chi connectivity index (χ4n) is 3.07. The molecule has 2 aromatic rings. The topological polar surface area (TPSA) is 47.6 Å². The second-order valence-electron chi connectivity index (χ2n) is 7.03. The quantitative estimate of drug-likeness (QED) is 0.648. The number of hydrogen-bond donors (Lipinski definition) is 1. The van der Waals surface area contributed by atoms with Gasteiger partial charge in [-0.25, -0.2) is 0 Å². The van der Waals surface area contributed by atoms with Crippen LogP contribution >= 0.6 is 0 Å². The van der Waals surface area contributed by atoms with Gasteiger partial charge < -0.3 is 14.8 Å². The third-order valence-electron chi connectivity index (χ3n) is 4.47. The summed E-state index contributed by atoms with van der Waals surface area (Å²) in [6, 6.07) is 11.8. The van der Waals surface area contributed by atoms with Crippen LogP contribution in [0.3, 0.4) is 0 Å². The first kappa shape index (κ1) is 20.6. The van der Waals surface area contributed by atoms with Crippen LogP contribution < -0.4 is 14.8 Å². The summed E-state index contributed by atoms with van der Waals surface area (Å²) in [5, 5.41) is 3.08. The molecule has 1 amide bonds. The molecule has 0 atom stereocenters. The van der Waals surface area contributed by atoms with Crippen molar-refractivity contribution < 1.29 is 14.3 Å². The molecular formula is C23H29NO3. The normalized spacial score (nSPS) is 11.3. The summed E-state index contributed by atoms with van der Waals surface area (Å²) < 4.78 is 10.7. The van der Waals surface area contributed by atoms with Crippen molar-refractivity contribution in [3.8, 4) is 11.5 Å². The van der Waals surface area contributed by atoms with Crippen LogP contribution in [0.4, 0.5) is 5.69 Å². The number of ether oxygens (including phenoxy) is 2. The first-order chi connectivity index (χ1) is 12.9. The number of nitrogens with one attached hydrogen (secondary N) is 1. The minimum absolute atomic E-state index is 0.171. The zero-order valence-corrected chi connectivity index (χ0v) is 17.0. The van der Waals surface area contributed by atoms with Crippen LogP contribution in [0, 0.1) is 0 Å². The number of rotatable bonds is 7. The van der Waals surface area contributed by atoms with Crippen molar-refractivity contribution in [3.63, 3.8) is 0 Å². The lowest BCUT2D eigenvalue weighted by Crippen LogP contribution is -2.13. The van der Waals surface area contributed by atoms with E-state index in [1.54, 1.807) is 20.3 Å². The summed E-state index contributed by atoms with van der Waals surface area (Å²) >= 11 is 0. The van der Waals surface area contributed by atoms with E-state index in [4.69, 9.17) is 9.47 Å². The van der Waals surface area contributed by atoms with Gasteiger partial charge in [-0.15, -0.1) is 0 Å².